The number of hydrogen-bond donors (Lipinski definition) is 3. The second-order valence-electron chi connectivity index (χ2n) is 16.2. The van der Waals surface area contributed by atoms with E-state index in [1.54, 1.807) is 48.2 Å². The van der Waals surface area contributed by atoms with Crippen molar-refractivity contribution in [3.05, 3.63) is 112 Å². The van der Waals surface area contributed by atoms with Crippen molar-refractivity contribution in [1.82, 2.24) is 10.2 Å². The third-order valence-electron chi connectivity index (χ3n) is 12.3. The van der Waals surface area contributed by atoms with Gasteiger partial charge in [-0.05, 0) is 104 Å². The molecule has 64 heavy (non-hydrogen) atoms. The van der Waals surface area contributed by atoms with Crippen molar-refractivity contribution in [1.29, 1.82) is 0 Å². The maximum Gasteiger partial charge on any atom is 0.412 e. The molecular formula is C47H56N4O13. The van der Waals surface area contributed by atoms with Gasteiger partial charge in [-0.1, -0.05) is 36.2 Å². The first-order valence-electron chi connectivity index (χ1n) is 21.8. The summed E-state index contributed by atoms with van der Waals surface area (Å²) in [7, 11) is 1.31. The number of nitrogens with one attached hydrogen (secondary N) is 1. The molecule has 0 bridgehead atoms. The second kappa shape index (κ2) is 21.0. The predicted molar refractivity (Wildman–Crippen MR) is 233 cm³/mol. The molecule has 2 aliphatic carbocycles. The van der Waals surface area contributed by atoms with Crippen LogP contribution in [-0.2, 0) is 27.5 Å². The Morgan fingerprint density at radius 3 is 2.45 bits per heavy atom. The van der Waals surface area contributed by atoms with Crippen LogP contribution in [0, 0.1) is 27.9 Å². The lowest BCUT2D eigenvalue weighted by Gasteiger charge is -2.59. The Morgan fingerprint density at radius 2 is 1.73 bits per heavy atom. The molecule has 3 aromatic carbocycles. The number of hydrogen-bond acceptors (Lipinski definition) is 14. The average Bonchev–Trinajstić information content (AvgIpc) is 3.77. The van der Waals surface area contributed by atoms with Gasteiger partial charge in [-0.15, -0.1) is 6.58 Å². The van der Waals surface area contributed by atoms with Gasteiger partial charge in [0.1, 0.15) is 24.1 Å². The normalized spacial score (nSPS) is 23.2. The highest BCUT2D eigenvalue weighted by Gasteiger charge is 2.65. The molecule has 17 nitrogen and oxygen atoms in total. The van der Waals surface area contributed by atoms with Gasteiger partial charge in [0.05, 0.1) is 30.3 Å². The molecule has 3 N–H and O–H groups in total. The molecule has 4 aliphatic rings. The standard InChI is InChI=1S/C47H56N4O13/c1-4-22-61-47-42(50(46(55)58-3)27-31-14-18-40-41(23-31)60-29-59-40)26-38(49-62-28-30-12-15-33(16-13-30)51(56)57)36-24-32(10-6-8-20-52)35(11-7-9-21-53)43(44(36)47)37-25-34(17-19-39(37)64-47)63-45(54)48-5-2/h4,12-19,23-25,32,35,42-44,52-53H,1,5-11,20-22,26-29H2,2-3H3,(H,48,54)/t32-,35+,42-,43+,44+,47+/m0/s1. The van der Waals surface area contributed by atoms with Crippen LogP contribution in [0.3, 0.4) is 0 Å². The van der Waals surface area contributed by atoms with E-state index in [0.29, 0.717) is 66.5 Å². The van der Waals surface area contributed by atoms with E-state index in [1.165, 1.54) is 19.2 Å². The van der Waals surface area contributed by atoms with Gasteiger partial charge in [-0.3, -0.25) is 15.0 Å². The number of nitrogens with zero attached hydrogens (tertiary/aromatic N) is 3. The summed E-state index contributed by atoms with van der Waals surface area (Å²) in [6.45, 7) is 6.36. The van der Waals surface area contributed by atoms with Gasteiger partial charge in [0.2, 0.25) is 12.6 Å². The molecule has 2 amide bonds. The Bertz CT molecular complexity index is 2210. The minimum atomic E-state index is -1.59. The maximum atomic E-state index is 14.3. The zero-order valence-electron chi connectivity index (χ0n) is 36.1. The number of carbonyl (C=O) groups excluding carboxylic acids is 2. The number of amides is 2. The van der Waals surface area contributed by atoms with E-state index in [0.717, 1.165) is 29.5 Å². The summed E-state index contributed by atoms with van der Waals surface area (Å²) in [4.78, 5) is 45.7. The minimum absolute atomic E-state index is 0.00682. The summed E-state index contributed by atoms with van der Waals surface area (Å²) in [5.41, 5.74) is 3.40. The van der Waals surface area contributed by atoms with E-state index in [1.807, 2.05) is 18.2 Å². The fraction of sp³-hybridized carbons (Fsp3) is 0.468. The number of allylic oxidation sites excluding steroid dienone is 1. The summed E-state index contributed by atoms with van der Waals surface area (Å²) in [6.07, 6.45) is 6.69. The predicted octanol–water partition coefficient (Wildman–Crippen LogP) is 7.53. The van der Waals surface area contributed by atoms with E-state index < -0.39 is 40.8 Å². The number of unbranched alkanes of at least 4 members (excludes halogenated alkanes) is 2. The smallest absolute Gasteiger partial charge is 0.412 e. The number of fused-ring (bicyclic) bond motifs is 3. The molecule has 17 heteroatoms. The first-order valence-corrected chi connectivity index (χ1v) is 21.8. The third kappa shape index (κ3) is 9.81. The highest BCUT2D eigenvalue weighted by atomic mass is 16.7. The number of nitro groups is 1. The molecule has 7 rings (SSSR count). The molecule has 2 aliphatic heterocycles. The molecule has 1 saturated carbocycles. The van der Waals surface area contributed by atoms with Crippen LogP contribution in [0.1, 0.15) is 74.5 Å². The number of benzene rings is 3. The van der Waals surface area contributed by atoms with Crippen molar-refractivity contribution < 1.29 is 58.0 Å². The number of aliphatic hydroxyl groups is 2. The van der Waals surface area contributed by atoms with Gasteiger partial charge >= 0.3 is 12.2 Å². The molecule has 6 atom stereocenters. The summed E-state index contributed by atoms with van der Waals surface area (Å²) in [6, 6.07) is 15.8. The number of nitro benzene ring substituents is 1. The maximum absolute atomic E-state index is 14.3. The van der Waals surface area contributed by atoms with Crippen LogP contribution >= 0.6 is 0 Å². The number of methoxy groups -OCH3 is 1. The molecule has 0 aromatic heterocycles. The van der Waals surface area contributed by atoms with Crippen LogP contribution in [0.4, 0.5) is 15.3 Å². The Balaban J connectivity index is 1.43. The fourth-order valence-electron chi connectivity index (χ4n) is 9.55. The van der Waals surface area contributed by atoms with Crippen molar-refractivity contribution in [2.24, 2.45) is 22.9 Å². The lowest BCUT2D eigenvalue weighted by Crippen LogP contribution is -2.70. The molecule has 0 unspecified atom stereocenters. The SMILES string of the molecule is C=CCO[C@@]12Oc3ccc(OC(=O)NCC)cc3[C@H]3[C@H](CCCCO)[C@@H](CCCCO)C=C(C(=NOCc4ccc([N+](=O)[O-])cc4)C[C@@H]1N(Cc1ccc4c(c1)OCO4)C(=O)OC)[C@H]32. The number of non-ortho nitro benzene ring substituents is 1. The van der Waals surface area contributed by atoms with Gasteiger partial charge in [-0.25, -0.2) is 9.59 Å². The van der Waals surface area contributed by atoms with Crippen LogP contribution in [0.2, 0.25) is 0 Å². The van der Waals surface area contributed by atoms with Crippen molar-refractivity contribution in [2.75, 3.05) is 40.3 Å². The summed E-state index contributed by atoms with van der Waals surface area (Å²) >= 11 is 0. The van der Waals surface area contributed by atoms with Gasteiger partial charge in [-0.2, -0.15) is 0 Å². The molecule has 1 fully saturated rings. The van der Waals surface area contributed by atoms with E-state index in [2.05, 4.69) is 18.0 Å². The van der Waals surface area contributed by atoms with E-state index in [9.17, 15) is 29.9 Å². The molecule has 342 valence electrons. The second-order valence-corrected chi connectivity index (χ2v) is 16.2. The molecule has 2 heterocycles. The van der Waals surface area contributed by atoms with Crippen molar-refractivity contribution in [3.8, 4) is 23.0 Å². The summed E-state index contributed by atoms with van der Waals surface area (Å²) in [5.74, 6) is -0.880. The minimum Gasteiger partial charge on any atom is -0.459 e. The summed E-state index contributed by atoms with van der Waals surface area (Å²) in [5, 5.41) is 38.7. The molecule has 0 saturated heterocycles. The lowest BCUT2D eigenvalue weighted by atomic mass is 9.55. The molecule has 3 aromatic rings. The number of carbonyl (C=O) groups is 2. The molecular weight excluding hydrogens is 829 g/mol. The van der Waals surface area contributed by atoms with Crippen molar-refractivity contribution >= 4 is 23.6 Å². The highest BCUT2D eigenvalue weighted by molar-refractivity contribution is 6.03. The van der Waals surface area contributed by atoms with Gasteiger partial charge in [0.15, 0.2) is 11.5 Å². The monoisotopic (exact) mass is 884 g/mol. The van der Waals surface area contributed by atoms with Crippen LogP contribution in [-0.4, -0.2) is 90.0 Å². The van der Waals surface area contributed by atoms with Crippen molar-refractivity contribution in [2.45, 2.75) is 82.8 Å². The Labute approximate surface area is 371 Å². The van der Waals surface area contributed by atoms with Gasteiger partial charge in [0.25, 0.3) is 5.69 Å². The van der Waals surface area contributed by atoms with Crippen LogP contribution in [0.25, 0.3) is 0 Å². The number of aliphatic hydroxyl groups excluding tert-OH is 2. The Kier molecular flexibility index (Phi) is 15.0. The number of ether oxygens (including phenoxy) is 6. The van der Waals surface area contributed by atoms with E-state index in [-0.39, 0.29) is 63.7 Å². The van der Waals surface area contributed by atoms with E-state index >= 15 is 0 Å². The van der Waals surface area contributed by atoms with Crippen LogP contribution in [0.5, 0.6) is 23.0 Å². The van der Waals surface area contributed by atoms with Crippen LogP contribution in [0.15, 0.2) is 90.1 Å². The molecule has 0 spiro atoms. The highest BCUT2D eigenvalue weighted by Crippen LogP contribution is 2.62. The first-order chi connectivity index (χ1) is 31.1. The zero-order chi connectivity index (χ0) is 45.2. The van der Waals surface area contributed by atoms with Gasteiger partial charge < -0.3 is 48.8 Å². The topological polar surface area (TPSA) is 210 Å². The first kappa shape index (κ1) is 45.8. The average molecular weight is 885 g/mol. The summed E-state index contributed by atoms with van der Waals surface area (Å²) < 4.78 is 36.8. The van der Waals surface area contributed by atoms with Gasteiger partial charge in [0, 0.05) is 56.3 Å². The third-order valence-corrected chi connectivity index (χ3v) is 12.3. The Hall–Kier alpha value is -6.17. The van der Waals surface area contributed by atoms with Crippen LogP contribution < -0.4 is 24.3 Å². The number of rotatable bonds is 20. The molecule has 0 radical (unpaired) electrons. The number of oxime groups is 1. The largest absolute Gasteiger partial charge is 0.459 e. The lowest BCUT2D eigenvalue weighted by molar-refractivity contribution is -0.384. The quantitative estimate of drug-likeness (QED) is 0.0434. The zero-order valence-corrected chi connectivity index (χ0v) is 36.1. The fourth-order valence-corrected chi connectivity index (χ4v) is 9.55. The van der Waals surface area contributed by atoms with Crippen molar-refractivity contribution in [3.63, 3.8) is 0 Å². The Morgan fingerprint density at radius 1 is 1.00 bits per heavy atom. The van der Waals surface area contributed by atoms with E-state index in [4.69, 9.17) is 38.4 Å².